The van der Waals surface area contributed by atoms with Gasteiger partial charge in [0.25, 0.3) is 0 Å². The zero-order valence-corrected chi connectivity index (χ0v) is 12.0. The van der Waals surface area contributed by atoms with E-state index in [0.29, 0.717) is 6.54 Å². The van der Waals surface area contributed by atoms with Gasteiger partial charge >= 0.3 is 0 Å². The Labute approximate surface area is 122 Å². The third-order valence-corrected chi connectivity index (χ3v) is 3.61. The minimum absolute atomic E-state index is 0.356. The maximum absolute atomic E-state index is 10.7. The van der Waals surface area contributed by atoms with Gasteiger partial charge in [-0.1, -0.05) is 23.4 Å². The summed E-state index contributed by atoms with van der Waals surface area (Å²) in [6.07, 6.45) is 3.34. The van der Waals surface area contributed by atoms with E-state index in [0.717, 1.165) is 22.1 Å². The van der Waals surface area contributed by atoms with E-state index < -0.39 is 5.60 Å². The number of methoxy groups -OCH3 is 1. The largest absolute Gasteiger partial charge is 0.497 e. The number of hydrogen-bond donors (Lipinski definition) is 1. The lowest BCUT2D eigenvalue weighted by atomic mass is 9.93. The lowest BCUT2D eigenvalue weighted by Crippen LogP contribution is -2.28. The van der Waals surface area contributed by atoms with Crippen LogP contribution in [0.4, 0.5) is 0 Å². The zero-order valence-electron chi connectivity index (χ0n) is 12.0. The standard InChI is InChI=1S/C16H17N3O2/c1-16(20,11-19-8-7-17-18-19)14-5-3-13-10-15(21-2)6-4-12(13)9-14/h3-10,20H,11H2,1-2H3. The lowest BCUT2D eigenvalue weighted by Gasteiger charge is -2.24. The average molecular weight is 283 g/mol. The number of fused-ring (bicyclic) bond motifs is 1. The van der Waals surface area contributed by atoms with Crippen molar-refractivity contribution in [1.82, 2.24) is 15.0 Å². The number of ether oxygens (including phenoxy) is 1. The topological polar surface area (TPSA) is 60.2 Å². The summed E-state index contributed by atoms with van der Waals surface area (Å²) in [5.41, 5.74) is -0.169. The smallest absolute Gasteiger partial charge is 0.119 e. The Morgan fingerprint density at radius 1 is 1.19 bits per heavy atom. The van der Waals surface area contributed by atoms with Crippen LogP contribution in [-0.2, 0) is 12.1 Å². The van der Waals surface area contributed by atoms with Crippen molar-refractivity contribution in [2.75, 3.05) is 7.11 Å². The highest BCUT2D eigenvalue weighted by Gasteiger charge is 2.24. The molecule has 0 amide bonds. The van der Waals surface area contributed by atoms with Crippen LogP contribution in [-0.4, -0.2) is 27.2 Å². The summed E-state index contributed by atoms with van der Waals surface area (Å²) >= 11 is 0. The summed E-state index contributed by atoms with van der Waals surface area (Å²) in [4.78, 5) is 0. The maximum Gasteiger partial charge on any atom is 0.119 e. The van der Waals surface area contributed by atoms with E-state index in [9.17, 15) is 5.11 Å². The van der Waals surface area contributed by atoms with Gasteiger partial charge in [0.2, 0.25) is 0 Å². The molecule has 0 aliphatic rings. The Hall–Kier alpha value is -2.40. The fourth-order valence-corrected chi connectivity index (χ4v) is 2.41. The Balaban J connectivity index is 1.96. The lowest BCUT2D eigenvalue weighted by molar-refractivity contribution is 0.0342. The van der Waals surface area contributed by atoms with Crippen molar-refractivity contribution in [3.05, 3.63) is 54.4 Å². The van der Waals surface area contributed by atoms with E-state index in [1.165, 1.54) is 0 Å². The molecule has 108 valence electrons. The summed E-state index contributed by atoms with van der Waals surface area (Å²) in [5, 5.41) is 20.5. The first-order chi connectivity index (χ1) is 10.1. The molecule has 1 aromatic heterocycles. The number of benzene rings is 2. The van der Waals surface area contributed by atoms with Crippen LogP contribution in [0.1, 0.15) is 12.5 Å². The van der Waals surface area contributed by atoms with Crippen LogP contribution in [0.15, 0.2) is 48.8 Å². The molecule has 0 saturated heterocycles. The molecular weight excluding hydrogens is 266 g/mol. The molecule has 0 radical (unpaired) electrons. The molecule has 1 unspecified atom stereocenters. The first kappa shape index (κ1) is 13.6. The molecule has 3 rings (SSSR count). The van der Waals surface area contributed by atoms with Gasteiger partial charge in [0.1, 0.15) is 11.4 Å². The monoisotopic (exact) mass is 283 g/mol. The van der Waals surface area contributed by atoms with Gasteiger partial charge in [-0.3, -0.25) is 0 Å². The van der Waals surface area contributed by atoms with E-state index >= 15 is 0 Å². The summed E-state index contributed by atoms with van der Waals surface area (Å²) in [6.45, 7) is 2.13. The second-order valence-electron chi connectivity index (χ2n) is 5.30. The Morgan fingerprint density at radius 3 is 2.67 bits per heavy atom. The fourth-order valence-electron chi connectivity index (χ4n) is 2.41. The van der Waals surface area contributed by atoms with E-state index in [1.54, 1.807) is 31.1 Å². The van der Waals surface area contributed by atoms with Gasteiger partial charge in [0.15, 0.2) is 0 Å². The van der Waals surface area contributed by atoms with Gasteiger partial charge in [-0.05, 0) is 41.5 Å². The average Bonchev–Trinajstić information content (AvgIpc) is 2.98. The summed E-state index contributed by atoms with van der Waals surface area (Å²) < 4.78 is 6.85. The highest BCUT2D eigenvalue weighted by atomic mass is 16.5. The van der Waals surface area contributed by atoms with Gasteiger partial charge in [-0.2, -0.15) is 0 Å². The molecule has 1 N–H and O–H groups in total. The van der Waals surface area contributed by atoms with Gasteiger partial charge < -0.3 is 9.84 Å². The molecule has 0 fully saturated rings. The molecule has 0 aliphatic heterocycles. The molecule has 5 heteroatoms. The number of aromatic nitrogens is 3. The van der Waals surface area contributed by atoms with Crippen LogP contribution < -0.4 is 4.74 Å². The molecule has 2 aromatic carbocycles. The highest BCUT2D eigenvalue weighted by molar-refractivity contribution is 5.84. The van der Waals surface area contributed by atoms with Crippen molar-refractivity contribution in [3.63, 3.8) is 0 Å². The molecule has 1 heterocycles. The first-order valence-electron chi connectivity index (χ1n) is 6.73. The summed E-state index contributed by atoms with van der Waals surface area (Å²) in [5.74, 6) is 0.824. The SMILES string of the molecule is COc1ccc2cc(C(C)(O)Cn3ccnn3)ccc2c1. The second kappa shape index (κ2) is 5.18. The fraction of sp³-hybridized carbons (Fsp3) is 0.250. The van der Waals surface area contributed by atoms with Crippen molar-refractivity contribution in [3.8, 4) is 5.75 Å². The summed E-state index contributed by atoms with van der Waals surface area (Å²) in [6, 6.07) is 11.8. The second-order valence-corrected chi connectivity index (χ2v) is 5.30. The van der Waals surface area contributed by atoms with Gasteiger partial charge in [-0.25, -0.2) is 4.68 Å². The van der Waals surface area contributed by atoms with E-state index in [-0.39, 0.29) is 0 Å². The van der Waals surface area contributed by atoms with Crippen LogP contribution in [0, 0.1) is 0 Å². The van der Waals surface area contributed by atoms with Crippen molar-refractivity contribution in [2.24, 2.45) is 0 Å². The maximum atomic E-state index is 10.7. The molecule has 0 spiro atoms. The van der Waals surface area contributed by atoms with Gasteiger partial charge in [0.05, 0.1) is 19.9 Å². The van der Waals surface area contributed by atoms with E-state index in [4.69, 9.17) is 4.74 Å². The predicted octanol–water partition coefficient (Wildman–Crippen LogP) is 2.35. The third kappa shape index (κ3) is 2.73. The predicted molar refractivity (Wildman–Crippen MR) is 80.1 cm³/mol. The molecule has 0 saturated carbocycles. The Bertz CT molecular complexity index is 751. The van der Waals surface area contributed by atoms with Crippen molar-refractivity contribution in [2.45, 2.75) is 19.1 Å². The Morgan fingerprint density at radius 2 is 1.95 bits per heavy atom. The Kier molecular flexibility index (Phi) is 3.35. The molecule has 5 nitrogen and oxygen atoms in total. The number of hydrogen-bond acceptors (Lipinski definition) is 4. The van der Waals surface area contributed by atoms with Crippen LogP contribution in [0.25, 0.3) is 10.8 Å². The zero-order chi connectivity index (χ0) is 14.9. The van der Waals surface area contributed by atoms with Crippen molar-refractivity contribution < 1.29 is 9.84 Å². The quantitative estimate of drug-likeness (QED) is 0.798. The van der Waals surface area contributed by atoms with Crippen LogP contribution >= 0.6 is 0 Å². The number of nitrogens with zero attached hydrogens (tertiary/aromatic N) is 3. The first-order valence-corrected chi connectivity index (χ1v) is 6.73. The number of aliphatic hydroxyl groups is 1. The third-order valence-electron chi connectivity index (χ3n) is 3.61. The van der Waals surface area contributed by atoms with Gasteiger partial charge in [0, 0.05) is 6.20 Å². The molecule has 0 bridgehead atoms. The highest BCUT2D eigenvalue weighted by Crippen LogP contribution is 2.28. The molecule has 21 heavy (non-hydrogen) atoms. The van der Waals surface area contributed by atoms with Crippen molar-refractivity contribution in [1.29, 1.82) is 0 Å². The molecule has 3 aromatic rings. The molecular formula is C16H17N3O2. The molecule has 1 atom stereocenters. The minimum Gasteiger partial charge on any atom is -0.497 e. The van der Waals surface area contributed by atoms with Crippen LogP contribution in [0.5, 0.6) is 5.75 Å². The minimum atomic E-state index is -1.01. The van der Waals surface area contributed by atoms with Crippen LogP contribution in [0.3, 0.4) is 0 Å². The number of rotatable bonds is 4. The van der Waals surface area contributed by atoms with Crippen molar-refractivity contribution >= 4 is 10.8 Å². The van der Waals surface area contributed by atoms with E-state index in [1.807, 2.05) is 36.4 Å². The van der Waals surface area contributed by atoms with E-state index in [2.05, 4.69) is 10.3 Å². The summed E-state index contributed by atoms with van der Waals surface area (Å²) in [7, 11) is 1.65. The molecule has 0 aliphatic carbocycles. The van der Waals surface area contributed by atoms with Crippen LogP contribution in [0.2, 0.25) is 0 Å². The van der Waals surface area contributed by atoms with Gasteiger partial charge in [-0.15, -0.1) is 5.10 Å². The normalized spacial score (nSPS) is 14.0.